The van der Waals surface area contributed by atoms with Gasteiger partial charge in [0.15, 0.2) is 5.78 Å². The number of esters is 1. The minimum absolute atomic E-state index is 0.150. The Hall–Kier alpha value is -0.680. The Morgan fingerprint density at radius 1 is 1.69 bits per heavy atom. The molecule has 1 heterocycles. The van der Waals surface area contributed by atoms with Crippen LogP contribution in [0.2, 0.25) is 0 Å². The Morgan fingerprint density at radius 2 is 2.31 bits per heavy atom. The Kier molecular flexibility index (Phi) is 3.22. The second-order valence-corrected chi connectivity index (χ2v) is 3.49. The van der Waals surface area contributed by atoms with E-state index in [-0.39, 0.29) is 5.78 Å². The lowest BCUT2D eigenvalue weighted by Gasteiger charge is -2.23. The number of carbonyl (C=O) groups excluding carboxylic acids is 2. The highest BCUT2D eigenvalue weighted by Gasteiger charge is 2.27. The summed E-state index contributed by atoms with van der Waals surface area (Å²) in [5.41, 5.74) is 0. The molecular weight excluding hydrogens is 240 g/mol. The van der Waals surface area contributed by atoms with Crippen LogP contribution >= 0.6 is 15.9 Å². The van der Waals surface area contributed by atoms with Crippen LogP contribution in [-0.4, -0.2) is 24.1 Å². The fourth-order valence-electron chi connectivity index (χ4n) is 0.923. The SMILES string of the molecule is CC(=O)OC1C=C(Br)C(=O)C(C)O1. The second-order valence-electron chi connectivity index (χ2n) is 2.63. The van der Waals surface area contributed by atoms with Crippen LogP contribution in [0.3, 0.4) is 0 Å². The molecule has 0 aliphatic carbocycles. The van der Waals surface area contributed by atoms with Gasteiger partial charge in [-0.1, -0.05) is 0 Å². The summed E-state index contributed by atoms with van der Waals surface area (Å²) in [6.45, 7) is 2.89. The van der Waals surface area contributed by atoms with Crippen LogP contribution in [0.5, 0.6) is 0 Å². The van der Waals surface area contributed by atoms with Crippen molar-refractivity contribution in [3.8, 4) is 0 Å². The first-order valence-corrected chi connectivity index (χ1v) is 4.54. The lowest BCUT2D eigenvalue weighted by molar-refractivity contribution is -0.178. The van der Waals surface area contributed by atoms with E-state index in [1.165, 1.54) is 13.0 Å². The molecule has 1 aliphatic heterocycles. The predicted molar refractivity (Wildman–Crippen MR) is 48.1 cm³/mol. The Balaban J connectivity index is 2.71. The van der Waals surface area contributed by atoms with Crippen molar-refractivity contribution in [3.05, 3.63) is 10.6 Å². The molecule has 0 aromatic rings. The molecule has 1 aliphatic rings. The molecule has 0 amide bonds. The molecule has 0 aromatic heterocycles. The third-order valence-corrected chi connectivity index (χ3v) is 2.16. The van der Waals surface area contributed by atoms with Crippen molar-refractivity contribution in [3.63, 3.8) is 0 Å². The van der Waals surface area contributed by atoms with Gasteiger partial charge in [0.1, 0.15) is 6.10 Å². The molecule has 4 nitrogen and oxygen atoms in total. The highest BCUT2D eigenvalue weighted by Crippen LogP contribution is 2.20. The van der Waals surface area contributed by atoms with Crippen molar-refractivity contribution in [1.82, 2.24) is 0 Å². The zero-order valence-corrected chi connectivity index (χ0v) is 8.83. The first kappa shape index (κ1) is 10.4. The van der Waals surface area contributed by atoms with Gasteiger partial charge in [0.2, 0.25) is 6.29 Å². The number of Topliss-reactive ketones (excluding diaryl/α,β-unsaturated/α-hetero) is 1. The molecule has 2 atom stereocenters. The van der Waals surface area contributed by atoms with Crippen LogP contribution in [0.25, 0.3) is 0 Å². The molecular formula is C8H9BrO4. The van der Waals surface area contributed by atoms with Gasteiger partial charge in [0.25, 0.3) is 0 Å². The molecule has 0 N–H and O–H groups in total. The van der Waals surface area contributed by atoms with Crippen molar-refractivity contribution in [2.75, 3.05) is 0 Å². The number of hydrogen-bond donors (Lipinski definition) is 0. The second kappa shape index (κ2) is 4.02. The smallest absolute Gasteiger partial charge is 0.305 e. The minimum atomic E-state index is -0.764. The molecule has 0 spiro atoms. The van der Waals surface area contributed by atoms with Crippen molar-refractivity contribution < 1.29 is 19.1 Å². The van der Waals surface area contributed by atoms with E-state index in [0.717, 1.165) is 0 Å². The van der Waals surface area contributed by atoms with Crippen molar-refractivity contribution in [2.45, 2.75) is 26.2 Å². The van der Waals surface area contributed by atoms with Gasteiger partial charge in [0.05, 0.1) is 4.48 Å². The molecule has 0 radical (unpaired) electrons. The third-order valence-electron chi connectivity index (χ3n) is 1.51. The van der Waals surface area contributed by atoms with E-state index < -0.39 is 18.4 Å². The molecule has 1 rings (SSSR count). The van der Waals surface area contributed by atoms with Crippen LogP contribution in [0.4, 0.5) is 0 Å². The number of halogens is 1. The minimum Gasteiger partial charge on any atom is -0.432 e. The summed E-state index contributed by atoms with van der Waals surface area (Å²) in [6.07, 6.45) is 0.0762. The summed E-state index contributed by atoms with van der Waals surface area (Å²) in [5, 5.41) is 0. The number of ether oxygens (including phenoxy) is 2. The van der Waals surface area contributed by atoms with Crippen molar-refractivity contribution in [1.29, 1.82) is 0 Å². The molecule has 0 aromatic carbocycles. The maximum Gasteiger partial charge on any atom is 0.305 e. The maximum absolute atomic E-state index is 11.2. The van der Waals surface area contributed by atoms with Crippen LogP contribution in [0.15, 0.2) is 10.6 Å². The normalized spacial score (nSPS) is 28.2. The molecule has 0 fully saturated rings. The zero-order valence-electron chi connectivity index (χ0n) is 7.24. The topological polar surface area (TPSA) is 52.6 Å². The quantitative estimate of drug-likeness (QED) is 0.654. The van der Waals surface area contributed by atoms with E-state index in [0.29, 0.717) is 4.48 Å². The van der Waals surface area contributed by atoms with Crippen LogP contribution in [0.1, 0.15) is 13.8 Å². The summed E-state index contributed by atoms with van der Waals surface area (Å²) >= 11 is 3.06. The number of carbonyl (C=O) groups is 2. The summed E-state index contributed by atoms with van der Waals surface area (Å²) in [5.74, 6) is -0.591. The van der Waals surface area contributed by atoms with Gasteiger partial charge < -0.3 is 9.47 Å². The third kappa shape index (κ3) is 2.63. The first-order chi connectivity index (χ1) is 6.00. The lowest BCUT2D eigenvalue weighted by Crippen LogP contribution is -2.33. The highest BCUT2D eigenvalue weighted by molar-refractivity contribution is 9.12. The number of hydrogen-bond acceptors (Lipinski definition) is 4. The average Bonchev–Trinajstić information content (AvgIpc) is 1.98. The largest absolute Gasteiger partial charge is 0.432 e. The van der Waals surface area contributed by atoms with E-state index in [2.05, 4.69) is 15.9 Å². The fourth-order valence-corrected chi connectivity index (χ4v) is 1.46. The molecule has 0 saturated carbocycles. The molecule has 0 saturated heterocycles. The Labute approximate surface area is 84.0 Å². The summed E-state index contributed by atoms with van der Waals surface area (Å²) in [4.78, 5) is 21.8. The Bertz CT molecular complexity index is 271. The standard InChI is InChI=1S/C8H9BrO4/c1-4-8(11)6(9)3-7(12-4)13-5(2)10/h3-4,7H,1-2H3. The number of ketones is 1. The van der Waals surface area contributed by atoms with Crippen molar-refractivity contribution in [2.24, 2.45) is 0 Å². The predicted octanol–water partition coefficient (Wildman–Crippen LogP) is 1.14. The van der Waals surface area contributed by atoms with E-state index >= 15 is 0 Å². The maximum atomic E-state index is 11.2. The monoisotopic (exact) mass is 248 g/mol. The fraction of sp³-hybridized carbons (Fsp3) is 0.500. The van der Waals surface area contributed by atoms with E-state index in [1.54, 1.807) is 6.92 Å². The van der Waals surface area contributed by atoms with Gasteiger partial charge in [-0.2, -0.15) is 0 Å². The van der Waals surface area contributed by atoms with Gasteiger partial charge in [-0.3, -0.25) is 9.59 Å². The van der Waals surface area contributed by atoms with Gasteiger partial charge in [-0.15, -0.1) is 0 Å². The summed E-state index contributed by atoms with van der Waals surface area (Å²) in [7, 11) is 0. The van der Waals surface area contributed by atoms with Gasteiger partial charge in [-0.25, -0.2) is 0 Å². The van der Waals surface area contributed by atoms with Gasteiger partial charge >= 0.3 is 5.97 Å². The molecule has 0 bridgehead atoms. The molecule has 5 heteroatoms. The Morgan fingerprint density at radius 3 is 2.77 bits per heavy atom. The van der Waals surface area contributed by atoms with Crippen LogP contribution in [-0.2, 0) is 19.1 Å². The van der Waals surface area contributed by atoms with Gasteiger partial charge in [0, 0.05) is 13.0 Å². The summed E-state index contributed by atoms with van der Waals surface area (Å²) < 4.78 is 10.2. The van der Waals surface area contributed by atoms with E-state index in [4.69, 9.17) is 9.47 Å². The first-order valence-electron chi connectivity index (χ1n) is 3.75. The highest BCUT2D eigenvalue weighted by atomic mass is 79.9. The summed E-state index contributed by atoms with van der Waals surface area (Å²) in [6, 6.07) is 0. The van der Waals surface area contributed by atoms with Crippen LogP contribution < -0.4 is 0 Å². The molecule has 13 heavy (non-hydrogen) atoms. The van der Waals surface area contributed by atoms with Crippen molar-refractivity contribution >= 4 is 27.7 Å². The zero-order chi connectivity index (χ0) is 10.0. The number of rotatable bonds is 1. The van der Waals surface area contributed by atoms with Crippen LogP contribution in [0, 0.1) is 0 Å². The average molecular weight is 249 g/mol. The van der Waals surface area contributed by atoms with Gasteiger partial charge in [-0.05, 0) is 22.9 Å². The van der Waals surface area contributed by atoms with E-state index in [9.17, 15) is 9.59 Å². The molecule has 72 valence electrons. The molecule has 2 unspecified atom stereocenters. The lowest BCUT2D eigenvalue weighted by atomic mass is 10.2. The van der Waals surface area contributed by atoms with E-state index in [1.807, 2.05) is 0 Å².